The molecule has 172 valence electrons. The van der Waals surface area contributed by atoms with Crippen molar-refractivity contribution in [2.45, 2.75) is 38.5 Å². The van der Waals surface area contributed by atoms with Crippen LogP contribution in [0.2, 0.25) is 5.02 Å². The molecule has 0 aliphatic carbocycles. The molecule has 0 amide bonds. The van der Waals surface area contributed by atoms with Crippen molar-refractivity contribution >= 4 is 35.7 Å². The largest absolute Gasteiger partial charge is 0.455 e. The number of hydrazone groups is 1. The molecular formula is C24H28ClN7O. The van der Waals surface area contributed by atoms with Gasteiger partial charge in [-0.2, -0.15) is 20.1 Å². The Labute approximate surface area is 198 Å². The number of benzene rings is 1. The third-order valence-electron chi connectivity index (χ3n) is 5.98. The molecule has 2 aromatic heterocycles. The van der Waals surface area contributed by atoms with E-state index >= 15 is 0 Å². The number of hydrogen-bond acceptors (Lipinski definition) is 8. The van der Waals surface area contributed by atoms with Crippen molar-refractivity contribution in [3.05, 3.63) is 47.2 Å². The number of furan rings is 1. The van der Waals surface area contributed by atoms with Gasteiger partial charge in [0.1, 0.15) is 11.5 Å². The molecule has 0 unspecified atom stereocenters. The maximum absolute atomic E-state index is 6.09. The van der Waals surface area contributed by atoms with E-state index in [2.05, 4.69) is 30.3 Å². The van der Waals surface area contributed by atoms with E-state index in [0.717, 1.165) is 49.4 Å². The second-order valence-electron chi connectivity index (χ2n) is 8.44. The van der Waals surface area contributed by atoms with E-state index in [9.17, 15) is 0 Å². The Hall–Kier alpha value is -3.13. The topological polar surface area (TPSA) is 82.7 Å². The molecular weight excluding hydrogens is 438 g/mol. The number of piperidine rings is 2. The highest BCUT2D eigenvalue weighted by Gasteiger charge is 2.20. The number of hydrogen-bond donors (Lipinski definition) is 1. The first-order valence-corrected chi connectivity index (χ1v) is 12.0. The van der Waals surface area contributed by atoms with Crippen LogP contribution in [0.4, 0.5) is 17.8 Å². The minimum Gasteiger partial charge on any atom is -0.455 e. The molecule has 0 bridgehead atoms. The van der Waals surface area contributed by atoms with Gasteiger partial charge in [0, 0.05) is 36.8 Å². The van der Waals surface area contributed by atoms with Crippen molar-refractivity contribution < 1.29 is 4.42 Å². The van der Waals surface area contributed by atoms with Crippen LogP contribution in [0.15, 0.2) is 45.9 Å². The second-order valence-corrected chi connectivity index (χ2v) is 8.87. The molecule has 2 aliphatic rings. The maximum atomic E-state index is 6.09. The lowest BCUT2D eigenvalue weighted by Gasteiger charge is -2.30. The smallest absolute Gasteiger partial charge is 0.250 e. The van der Waals surface area contributed by atoms with E-state index < -0.39 is 0 Å². The molecule has 4 heterocycles. The molecule has 1 N–H and O–H groups in total. The third kappa shape index (κ3) is 5.45. The molecule has 0 spiro atoms. The number of nitrogens with one attached hydrogen (secondary N) is 1. The van der Waals surface area contributed by atoms with Crippen molar-refractivity contribution in [3.8, 4) is 11.3 Å². The first-order valence-electron chi connectivity index (χ1n) is 11.7. The van der Waals surface area contributed by atoms with Crippen LogP contribution in [-0.4, -0.2) is 47.3 Å². The Morgan fingerprint density at radius 2 is 1.52 bits per heavy atom. The summed E-state index contributed by atoms with van der Waals surface area (Å²) < 4.78 is 5.88. The minimum absolute atomic E-state index is 0.448. The van der Waals surface area contributed by atoms with Gasteiger partial charge in [0.25, 0.3) is 0 Å². The standard InChI is InChI=1S/C24H28ClN7O/c25-19-9-7-8-18(16-19)21-11-10-20(33-21)17-26-30-22-27-23(31-12-3-1-4-13-31)29-24(28-22)32-14-5-2-6-15-32/h7-11,16-17H,1-6,12-15H2,(H,27,28,29,30)/b26-17-. The molecule has 9 heteroatoms. The zero-order chi connectivity index (χ0) is 22.5. The zero-order valence-electron chi connectivity index (χ0n) is 18.6. The van der Waals surface area contributed by atoms with E-state index in [1.807, 2.05) is 36.4 Å². The normalized spacial score (nSPS) is 17.0. The summed E-state index contributed by atoms with van der Waals surface area (Å²) in [5.41, 5.74) is 3.90. The molecule has 5 rings (SSSR count). The lowest BCUT2D eigenvalue weighted by molar-refractivity contribution is 0.556. The van der Waals surface area contributed by atoms with Gasteiger partial charge in [-0.1, -0.05) is 23.7 Å². The summed E-state index contributed by atoms with van der Waals surface area (Å²) in [4.78, 5) is 18.6. The van der Waals surface area contributed by atoms with Gasteiger partial charge >= 0.3 is 0 Å². The third-order valence-corrected chi connectivity index (χ3v) is 6.22. The molecule has 2 fully saturated rings. The Bertz CT molecular complexity index is 1070. The number of anilines is 3. The number of rotatable bonds is 6. The van der Waals surface area contributed by atoms with Crippen LogP contribution >= 0.6 is 11.6 Å². The van der Waals surface area contributed by atoms with Crippen molar-refractivity contribution in [2.24, 2.45) is 5.10 Å². The van der Waals surface area contributed by atoms with Gasteiger partial charge in [0.2, 0.25) is 17.8 Å². The van der Waals surface area contributed by atoms with Crippen LogP contribution in [0.5, 0.6) is 0 Å². The summed E-state index contributed by atoms with van der Waals surface area (Å²) in [6, 6.07) is 11.3. The first kappa shape index (κ1) is 21.7. The van der Waals surface area contributed by atoms with Gasteiger partial charge in [0.05, 0.1) is 6.21 Å². The summed E-state index contributed by atoms with van der Waals surface area (Å²) in [7, 11) is 0. The van der Waals surface area contributed by atoms with E-state index in [1.165, 1.54) is 38.5 Å². The number of halogens is 1. The fourth-order valence-electron chi connectivity index (χ4n) is 4.25. The van der Waals surface area contributed by atoms with Crippen molar-refractivity contribution in [3.63, 3.8) is 0 Å². The van der Waals surface area contributed by atoms with Crippen molar-refractivity contribution in [1.82, 2.24) is 15.0 Å². The Morgan fingerprint density at radius 3 is 2.15 bits per heavy atom. The predicted molar refractivity (Wildman–Crippen MR) is 132 cm³/mol. The highest BCUT2D eigenvalue weighted by molar-refractivity contribution is 6.30. The molecule has 1 aromatic carbocycles. The summed E-state index contributed by atoms with van der Waals surface area (Å²) in [5.74, 6) is 3.26. The lowest BCUT2D eigenvalue weighted by atomic mass is 10.1. The average Bonchev–Trinajstić information content (AvgIpc) is 3.34. The molecule has 0 atom stereocenters. The summed E-state index contributed by atoms with van der Waals surface area (Å²) in [6.45, 7) is 3.91. The van der Waals surface area contributed by atoms with Gasteiger partial charge in [-0.15, -0.1) is 0 Å². The SMILES string of the molecule is Clc1cccc(-c2ccc(/C=N\Nc3nc(N4CCCCC4)nc(N4CCCCC4)n3)o2)c1. The highest BCUT2D eigenvalue weighted by atomic mass is 35.5. The number of aromatic nitrogens is 3. The molecule has 8 nitrogen and oxygen atoms in total. The zero-order valence-corrected chi connectivity index (χ0v) is 19.3. The lowest BCUT2D eigenvalue weighted by Crippen LogP contribution is -2.34. The van der Waals surface area contributed by atoms with E-state index in [4.69, 9.17) is 21.0 Å². The summed E-state index contributed by atoms with van der Waals surface area (Å²) in [5, 5.41) is 5.00. The van der Waals surface area contributed by atoms with Crippen molar-refractivity contribution in [1.29, 1.82) is 0 Å². The minimum atomic E-state index is 0.448. The van der Waals surface area contributed by atoms with Gasteiger partial charge in [-0.3, -0.25) is 0 Å². The molecule has 2 saturated heterocycles. The van der Waals surface area contributed by atoms with Crippen LogP contribution in [0.3, 0.4) is 0 Å². The quantitative estimate of drug-likeness (QED) is 0.395. The molecule has 33 heavy (non-hydrogen) atoms. The number of nitrogens with zero attached hydrogens (tertiary/aromatic N) is 6. The molecule has 2 aliphatic heterocycles. The van der Waals surface area contributed by atoms with Crippen LogP contribution < -0.4 is 15.2 Å². The van der Waals surface area contributed by atoms with Crippen LogP contribution in [-0.2, 0) is 0 Å². The fraction of sp³-hybridized carbons (Fsp3) is 0.417. The van der Waals surface area contributed by atoms with Gasteiger partial charge < -0.3 is 14.2 Å². The Kier molecular flexibility index (Phi) is 6.71. The molecule has 3 aromatic rings. The van der Waals surface area contributed by atoms with Gasteiger partial charge in [0.15, 0.2) is 0 Å². The summed E-state index contributed by atoms with van der Waals surface area (Å²) in [6.07, 6.45) is 8.81. The highest BCUT2D eigenvalue weighted by Crippen LogP contribution is 2.25. The predicted octanol–water partition coefficient (Wildman–Crippen LogP) is 5.21. The average molecular weight is 466 g/mol. The van der Waals surface area contributed by atoms with Crippen molar-refractivity contribution in [2.75, 3.05) is 41.4 Å². The van der Waals surface area contributed by atoms with E-state index in [1.54, 1.807) is 6.21 Å². The van der Waals surface area contributed by atoms with Crippen LogP contribution in [0.25, 0.3) is 11.3 Å². The van der Waals surface area contributed by atoms with Crippen LogP contribution in [0.1, 0.15) is 44.3 Å². The Morgan fingerprint density at radius 1 is 0.848 bits per heavy atom. The van der Waals surface area contributed by atoms with Gasteiger partial charge in [-0.05, 0) is 62.8 Å². The van der Waals surface area contributed by atoms with Crippen LogP contribution in [0, 0.1) is 0 Å². The Balaban J connectivity index is 1.33. The summed E-state index contributed by atoms with van der Waals surface area (Å²) >= 11 is 6.09. The monoisotopic (exact) mass is 465 g/mol. The maximum Gasteiger partial charge on any atom is 0.250 e. The van der Waals surface area contributed by atoms with Gasteiger partial charge in [-0.25, -0.2) is 5.43 Å². The second kappa shape index (κ2) is 10.2. The first-order chi connectivity index (χ1) is 16.2. The van der Waals surface area contributed by atoms with E-state index in [0.29, 0.717) is 16.7 Å². The molecule has 0 saturated carbocycles. The van der Waals surface area contributed by atoms with E-state index in [-0.39, 0.29) is 0 Å². The fourth-order valence-corrected chi connectivity index (χ4v) is 4.44. The molecule has 0 radical (unpaired) electrons.